The largest absolute Gasteiger partial charge is 0.401 e. The summed E-state index contributed by atoms with van der Waals surface area (Å²) in [4.78, 5) is 1.54. The molecule has 0 saturated carbocycles. The molecule has 5 heteroatoms. The smallest absolute Gasteiger partial charge is 0.315 e. The van der Waals surface area contributed by atoms with Crippen LogP contribution in [0.2, 0.25) is 0 Å². The monoisotopic (exact) mass is 268 g/mol. The van der Waals surface area contributed by atoms with Gasteiger partial charge in [0.2, 0.25) is 0 Å². The minimum absolute atomic E-state index is 0.0134. The molecule has 110 valence electrons. The van der Waals surface area contributed by atoms with Crippen molar-refractivity contribution in [3.63, 3.8) is 0 Å². The molecule has 0 spiro atoms. The van der Waals surface area contributed by atoms with E-state index in [1.54, 1.807) is 0 Å². The van der Waals surface area contributed by atoms with E-state index in [9.17, 15) is 13.2 Å². The van der Waals surface area contributed by atoms with Gasteiger partial charge in [-0.2, -0.15) is 13.2 Å². The number of hydrogen-bond donors (Lipinski definition) is 1. The molecule has 0 aromatic carbocycles. The van der Waals surface area contributed by atoms with Crippen LogP contribution in [0.5, 0.6) is 0 Å². The van der Waals surface area contributed by atoms with Crippen LogP contribution in [-0.2, 0) is 0 Å². The van der Waals surface area contributed by atoms with Crippen molar-refractivity contribution in [3.05, 3.63) is 0 Å². The molecular formula is C13H27F3N2. The Balaban J connectivity index is 4.02. The normalized spacial score (nSPS) is 14.5. The van der Waals surface area contributed by atoms with Gasteiger partial charge in [0.25, 0.3) is 0 Å². The summed E-state index contributed by atoms with van der Waals surface area (Å²) < 4.78 is 37.3. The second kappa shape index (κ2) is 8.75. The topological polar surface area (TPSA) is 15.3 Å². The molecule has 0 amide bonds. The lowest BCUT2D eigenvalue weighted by atomic mass is 10.1. The van der Waals surface area contributed by atoms with Gasteiger partial charge in [0.05, 0.1) is 6.54 Å². The summed E-state index contributed by atoms with van der Waals surface area (Å²) in [6, 6.07) is 0.419. The lowest BCUT2D eigenvalue weighted by Crippen LogP contribution is -2.41. The van der Waals surface area contributed by atoms with E-state index in [0.717, 1.165) is 25.8 Å². The van der Waals surface area contributed by atoms with E-state index >= 15 is 0 Å². The molecule has 0 radical (unpaired) electrons. The van der Waals surface area contributed by atoms with Gasteiger partial charge >= 0.3 is 6.18 Å². The molecule has 1 unspecified atom stereocenters. The van der Waals surface area contributed by atoms with Gasteiger partial charge in [0, 0.05) is 12.1 Å². The molecule has 0 aromatic heterocycles. The quantitative estimate of drug-likeness (QED) is 0.645. The van der Waals surface area contributed by atoms with Gasteiger partial charge in [0.15, 0.2) is 0 Å². The summed E-state index contributed by atoms with van der Waals surface area (Å²) in [6.45, 7) is 8.52. The second-order valence-electron chi connectivity index (χ2n) is 5.19. The van der Waals surface area contributed by atoms with E-state index in [0.29, 0.717) is 12.6 Å². The first-order valence-electron chi connectivity index (χ1n) is 6.80. The molecule has 1 atom stereocenters. The number of nitrogens with zero attached hydrogens (tertiary/aromatic N) is 1. The molecule has 0 fully saturated rings. The zero-order chi connectivity index (χ0) is 14.2. The van der Waals surface area contributed by atoms with Crippen molar-refractivity contribution < 1.29 is 13.2 Å². The van der Waals surface area contributed by atoms with Gasteiger partial charge in [-0.1, -0.05) is 20.8 Å². The van der Waals surface area contributed by atoms with Crippen molar-refractivity contribution in [2.24, 2.45) is 0 Å². The van der Waals surface area contributed by atoms with Crippen LogP contribution in [0.3, 0.4) is 0 Å². The first kappa shape index (κ1) is 17.7. The Hall–Kier alpha value is -0.290. The van der Waals surface area contributed by atoms with Crippen LogP contribution in [0, 0.1) is 0 Å². The number of nitrogens with one attached hydrogen (secondary N) is 1. The van der Waals surface area contributed by atoms with Crippen LogP contribution in [0.25, 0.3) is 0 Å². The van der Waals surface area contributed by atoms with Crippen LogP contribution < -0.4 is 5.32 Å². The van der Waals surface area contributed by atoms with Crippen molar-refractivity contribution >= 4 is 0 Å². The third kappa shape index (κ3) is 9.71. The summed E-state index contributed by atoms with van der Waals surface area (Å²) >= 11 is 0. The van der Waals surface area contributed by atoms with E-state index in [-0.39, 0.29) is 6.04 Å². The van der Waals surface area contributed by atoms with Gasteiger partial charge in [0.1, 0.15) is 0 Å². The summed E-state index contributed by atoms with van der Waals surface area (Å²) in [5.41, 5.74) is 0. The Morgan fingerprint density at radius 2 is 1.78 bits per heavy atom. The van der Waals surface area contributed by atoms with Crippen molar-refractivity contribution in [2.75, 3.05) is 19.6 Å². The van der Waals surface area contributed by atoms with Crippen LogP contribution in [0.15, 0.2) is 0 Å². The summed E-state index contributed by atoms with van der Waals surface area (Å²) in [5, 5.41) is 3.28. The Morgan fingerprint density at radius 3 is 2.22 bits per heavy atom. The Morgan fingerprint density at radius 1 is 1.17 bits per heavy atom. The molecule has 2 nitrogen and oxygen atoms in total. The van der Waals surface area contributed by atoms with Crippen molar-refractivity contribution in [1.82, 2.24) is 10.2 Å². The molecule has 0 aliphatic heterocycles. The van der Waals surface area contributed by atoms with Gasteiger partial charge < -0.3 is 5.32 Å². The second-order valence-corrected chi connectivity index (χ2v) is 5.19. The SMILES string of the molecule is CCCN(CC(F)(F)F)C(C)CCCNC(C)C. The summed E-state index contributed by atoms with van der Waals surface area (Å²) in [6.07, 6.45) is -1.63. The van der Waals surface area contributed by atoms with Crippen LogP contribution in [-0.4, -0.2) is 42.8 Å². The number of halogens is 3. The molecule has 1 N–H and O–H groups in total. The summed E-state index contributed by atoms with van der Waals surface area (Å²) in [5.74, 6) is 0. The molecule has 0 heterocycles. The predicted octanol–water partition coefficient (Wildman–Crippen LogP) is 3.43. The van der Waals surface area contributed by atoms with Gasteiger partial charge in [-0.15, -0.1) is 0 Å². The zero-order valence-corrected chi connectivity index (χ0v) is 12.0. The zero-order valence-electron chi connectivity index (χ0n) is 12.0. The number of rotatable bonds is 9. The van der Waals surface area contributed by atoms with E-state index in [1.807, 2.05) is 13.8 Å². The molecule has 0 aliphatic rings. The predicted molar refractivity (Wildman–Crippen MR) is 69.8 cm³/mol. The molecule has 18 heavy (non-hydrogen) atoms. The standard InChI is InChI=1S/C13H27F3N2/c1-5-9-18(10-13(14,15)16)12(4)7-6-8-17-11(2)3/h11-12,17H,5-10H2,1-4H3. The van der Waals surface area contributed by atoms with Crippen molar-refractivity contribution in [2.45, 2.75) is 65.2 Å². The van der Waals surface area contributed by atoms with Crippen molar-refractivity contribution in [3.8, 4) is 0 Å². The highest BCUT2D eigenvalue weighted by Gasteiger charge is 2.32. The first-order chi connectivity index (χ1) is 8.26. The fraction of sp³-hybridized carbons (Fsp3) is 1.00. The highest BCUT2D eigenvalue weighted by atomic mass is 19.4. The summed E-state index contributed by atoms with van der Waals surface area (Å²) in [7, 11) is 0. The molecule has 0 bridgehead atoms. The van der Waals surface area contributed by atoms with E-state index in [4.69, 9.17) is 0 Å². The molecule has 0 rings (SSSR count). The average Bonchev–Trinajstić information content (AvgIpc) is 2.21. The maximum atomic E-state index is 12.4. The average molecular weight is 268 g/mol. The Kier molecular flexibility index (Phi) is 8.61. The van der Waals surface area contributed by atoms with Crippen LogP contribution in [0.4, 0.5) is 13.2 Å². The van der Waals surface area contributed by atoms with Gasteiger partial charge in [-0.25, -0.2) is 0 Å². The molecule has 0 aliphatic carbocycles. The first-order valence-corrected chi connectivity index (χ1v) is 6.80. The fourth-order valence-electron chi connectivity index (χ4n) is 1.94. The molecular weight excluding hydrogens is 241 g/mol. The number of alkyl halides is 3. The van der Waals surface area contributed by atoms with E-state index in [2.05, 4.69) is 19.2 Å². The minimum atomic E-state index is -4.10. The van der Waals surface area contributed by atoms with Gasteiger partial charge in [-0.3, -0.25) is 4.90 Å². The third-order valence-corrected chi connectivity index (χ3v) is 2.87. The maximum Gasteiger partial charge on any atom is 0.401 e. The van der Waals surface area contributed by atoms with Crippen LogP contribution in [0.1, 0.15) is 47.0 Å². The highest BCUT2D eigenvalue weighted by Crippen LogP contribution is 2.19. The van der Waals surface area contributed by atoms with E-state index < -0.39 is 12.7 Å². The van der Waals surface area contributed by atoms with Crippen molar-refractivity contribution in [1.29, 1.82) is 0 Å². The molecule has 0 saturated heterocycles. The molecule has 0 aromatic rings. The Bertz CT molecular complexity index is 205. The lowest BCUT2D eigenvalue weighted by Gasteiger charge is -2.29. The maximum absolute atomic E-state index is 12.4. The van der Waals surface area contributed by atoms with Crippen LogP contribution >= 0.6 is 0 Å². The third-order valence-electron chi connectivity index (χ3n) is 2.87. The highest BCUT2D eigenvalue weighted by molar-refractivity contribution is 4.71. The fourth-order valence-corrected chi connectivity index (χ4v) is 1.94. The minimum Gasteiger partial charge on any atom is -0.315 e. The number of hydrogen-bond acceptors (Lipinski definition) is 2. The Labute approximate surface area is 109 Å². The lowest BCUT2D eigenvalue weighted by molar-refractivity contribution is -0.150. The van der Waals surface area contributed by atoms with E-state index in [1.165, 1.54) is 4.90 Å². The van der Waals surface area contributed by atoms with Gasteiger partial charge in [-0.05, 0) is 39.3 Å².